The minimum Gasteiger partial charge on any atom is -0.322 e. The maximum absolute atomic E-state index is 13.1. The molecule has 3 heterocycles. The molecule has 1 aromatic carbocycles. The van der Waals surface area contributed by atoms with E-state index in [2.05, 4.69) is 23.3 Å². The Morgan fingerprint density at radius 2 is 1.84 bits per heavy atom. The molecule has 0 spiro atoms. The molecule has 0 bridgehead atoms. The Bertz CT molecular complexity index is 737. The predicted octanol–water partition coefficient (Wildman–Crippen LogP) is 1.26. The van der Waals surface area contributed by atoms with E-state index in [4.69, 9.17) is 0 Å². The van der Waals surface area contributed by atoms with E-state index in [-0.39, 0.29) is 17.7 Å². The largest absolute Gasteiger partial charge is 0.322 e. The molecule has 0 aliphatic carbocycles. The Hall–Kier alpha value is -2.21. The van der Waals surface area contributed by atoms with Crippen molar-refractivity contribution in [3.8, 4) is 0 Å². The van der Waals surface area contributed by atoms with E-state index in [1.807, 2.05) is 12.1 Å². The van der Waals surface area contributed by atoms with Gasteiger partial charge in [0.15, 0.2) is 0 Å². The summed E-state index contributed by atoms with van der Waals surface area (Å²) < 4.78 is 0. The first-order valence-corrected chi connectivity index (χ1v) is 8.99. The van der Waals surface area contributed by atoms with E-state index in [9.17, 15) is 14.4 Å². The highest BCUT2D eigenvalue weighted by molar-refractivity contribution is 6.06. The van der Waals surface area contributed by atoms with Gasteiger partial charge in [-0.25, -0.2) is 0 Å². The molecule has 3 amide bonds. The van der Waals surface area contributed by atoms with Crippen LogP contribution in [0, 0.1) is 0 Å². The molecule has 2 fully saturated rings. The number of rotatable bonds is 2. The fourth-order valence-electron chi connectivity index (χ4n) is 4.30. The highest BCUT2D eigenvalue weighted by atomic mass is 16.2. The standard InChI is InChI=1S/C19H23N3O3/c1-21-9-7-12(8-10-21)14-4-2-3-13-11-22(19(25)17(13)14)15-5-6-16(23)20-18(15)24/h2-4,12,15H,5-11H2,1H3,(H,20,23,24). The average Bonchev–Trinajstić information content (AvgIpc) is 2.93. The van der Waals surface area contributed by atoms with Crippen molar-refractivity contribution in [1.82, 2.24) is 15.1 Å². The molecule has 6 heteroatoms. The smallest absolute Gasteiger partial charge is 0.255 e. The van der Waals surface area contributed by atoms with Crippen molar-refractivity contribution in [2.45, 2.75) is 44.2 Å². The number of benzene rings is 1. The highest BCUT2D eigenvalue weighted by Gasteiger charge is 2.40. The number of hydrogen-bond donors (Lipinski definition) is 1. The van der Waals surface area contributed by atoms with Crippen LogP contribution in [-0.4, -0.2) is 53.7 Å². The van der Waals surface area contributed by atoms with E-state index >= 15 is 0 Å². The van der Waals surface area contributed by atoms with Gasteiger partial charge in [0.25, 0.3) is 5.91 Å². The van der Waals surface area contributed by atoms with Crippen LogP contribution in [0.4, 0.5) is 0 Å². The number of imide groups is 1. The monoisotopic (exact) mass is 341 g/mol. The Balaban J connectivity index is 1.60. The van der Waals surface area contributed by atoms with Gasteiger partial charge in [-0.1, -0.05) is 18.2 Å². The number of amides is 3. The maximum Gasteiger partial charge on any atom is 0.255 e. The molecule has 1 N–H and O–H groups in total. The zero-order valence-electron chi connectivity index (χ0n) is 14.5. The fraction of sp³-hybridized carbons (Fsp3) is 0.526. The molecule has 1 unspecified atom stereocenters. The van der Waals surface area contributed by atoms with Crippen LogP contribution in [0.2, 0.25) is 0 Å². The third-order valence-electron chi connectivity index (χ3n) is 5.74. The number of nitrogens with zero attached hydrogens (tertiary/aromatic N) is 2. The first kappa shape index (κ1) is 16.3. The molecule has 1 atom stereocenters. The summed E-state index contributed by atoms with van der Waals surface area (Å²) in [6.45, 7) is 2.54. The summed E-state index contributed by atoms with van der Waals surface area (Å²) in [6, 6.07) is 5.54. The number of carbonyl (C=O) groups excluding carboxylic acids is 3. The summed E-state index contributed by atoms with van der Waals surface area (Å²) in [7, 11) is 2.13. The number of piperidine rings is 2. The predicted molar refractivity (Wildman–Crippen MR) is 92.0 cm³/mol. The molecular formula is C19H23N3O3. The summed E-state index contributed by atoms with van der Waals surface area (Å²) in [5.41, 5.74) is 2.93. The van der Waals surface area contributed by atoms with Crippen LogP contribution in [0.25, 0.3) is 0 Å². The minimum absolute atomic E-state index is 0.0565. The zero-order chi connectivity index (χ0) is 17.6. The number of carbonyl (C=O) groups is 3. The molecule has 25 heavy (non-hydrogen) atoms. The lowest BCUT2D eigenvalue weighted by Crippen LogP contribution is -2.52. The van der Waals surface area contributed by atoms with Gasteiger partial charge in [0.05, 0.1) is 0 Å². The normalized spacial score (nSPS) is 25.2. The van der Waals surface area contributed by atoms with E-state index in [0.717, 1.165) is 42.6 Å². The second-order valence-electron chi connectivity index (χ2n) is 7.36. The lowest BCUT2D eigenvalue weighted by atomic mass is 9.85. The summed E-state index contributed by atoms with van der Waals surface area (Å²) in [6.07, 6.45) is 2.81. The second-order valence-corrected chi connectivity index (χ2v) is 7.36. The Morgan fingerprint density at radius 3 is 2.56 bits per heavy atom. The van der Waals surface area contributed by atoms with E-state index in [1.54, 1.807) is 4.90 Å². The van der Waals surface area contributed by atoms with Crippen LogP contribution in [-0.2, 0) is 16.1 Å². The number of likely N-dealkylation sites (tertiary alicyclic amines) is 1. The molecule has 0 aromatic heterocycles. The fourth-order valence-corrected chi connectivity index (χ4v) is 4.30. The van der Waals surface area contributed by atoms with Crippen LogP contribution < -0.4 is 5.32 Å². The van der Waals surface area contributed by atoms with Gasteiger partial charge >= 0.3 is 0 Å². The SMILES string of the molecule is CN1CCC(c2cccc3c2C(=O)N(C2CCC(=O)NC2=O)C3)CC1. The number of hydrogen-bond acceptors (Lipinski definition) is 4. The van der Waals surface area contributed by atoms with Crippen LogP contribution in [0.15, 0.2) is 18.2 Å². The maximum atomic E-state index is 13.1. The summed E-state index contributed by atoms with van der Waals surface area (Å²) in [4.78, 5) is 40.6. The Kier molecular flexibility index (Phi) is 4.07. The molecule has 0 saturated carbocycles. The summed E-state index contributed by atoms with van der Waals surface area (Å²) >= 11 is 0. The highest BCUT2D eigenvalue weighted by Crippen LogP contribution is 2.36. The van der Waals surface area contributed by atoms with E-state index in [0.29, 0.717) is 25.3 Å². The van der Waals surface area contributed by atoms with E-state index in [1.165, 1.54) is 0 Å². The molecule has 6 nitrogen and oxygen atoms in total. The van der Waals surface area contributed by atoms with Crippen LogP contribution >= 0.6 is 0 Å². The van der Waals surface area contributed by atoms with Gasteiger partial charge < -0.3 is 9.80 Å². The molecular weight excluding hydrogens is 318 g/mol. The molecule has 1 aromatic rings. The van der Waals surface area contributed by atoms with Crippen molar-refractivity contribution in [3.63, 3.8) is 0 Å². The van der Waals surface area contributed by atoms with Gasteiger partial charge in [-0.3, -0.25) is 19.7 Å². The van der Waals surface area contributed by atoms with Gasteiger partial charge in [0.1, 0.15) is 6.04 Å². The van der Waals surface area contributed by atoms with Crippen molar-refractivity contribution in [2.24, 2.45) is 0 Å². The Labute approximate surface area is 147 Å². The van der Waals surface area contributed by atoms with Gasteiger partial charge in [-0.2, -0.15) is 0 Å². The summed E-state index contributed by atoms with van der Waals surface area (Å²) in [5, 5.41) is 2.36. The molecule has 4 rings (SSSR count). The van der Waals surface area contributed by atoms with Crippen LogP contribution in [0.1, 0.15) is 53.1 Å². The van der Waals surface area contributed by atoms with Crippen molar-refractivity contribution < 1.29 is 14.4 Å². The number of fused-ring (bicyclic) bond motifs is 1. The van der Waals surface area contributed by atoms with Crippen molar-refractivity contribution in [2.75, 3.05) is 20.1 Å². The van der Waals surface area contributed by atoms with Crippen LogP contribution in [0.5, 0.6) is 0 Å². The molecule has 3 aliphatic rings. The van der Waals surface area contributed by atoms with Crippen molar-refractivity contribution in [3.05, 3.63) is 34.9 Å². The summed E-state index contributed by atoms with van der Waals surface area (Å²) in [5.74, 6) is -0.258. The van der Waals surface area contributed by atoms with Gasteiger partial charge in [0.2, 0.25) is 11.8 Å². The number of nitrogens with one attached hydrogen (secondary N) is 1. The van der Waals surface area contributed by atoms with Gasteiger partial charge in [0, 0.05) is 18.5 Å². The Morgan fingerprint density at radius 1 is 1.08 bits per heavy atom. The lowest BCUT2D eigenvalue weighted by molar-refractivity contribution is -0.136. The molecule has 132 valence electrons. The zero-order valence-corrected chi connectivity index (χ0v) is 14.5. The van der Waals surface area contributed by atoms with Gasteiger partial charge in [-0.05, 0) is 56.4 Å². The first-order chi connectivity index (χ1) is 12.0. The quantitative estimate of drug-likeness (QED) is 0.822. The topological polar surface area (TPSA) is 69.7 Å². The average molecular weight is 341 g/mol. The van der Waals surface area contributed by atoms with Crippen LogP contribution in [0.3, 0.4) is 0 Å². The van der Waals surface area contributed by atoms with Gasteiger partial charge in [-0.15, -0.1) is 0 Å². The molecule has 0 radical (unpaired) electrons. The second kappa shape index (κ2) is 6.26. The first-order valence-electron chi connectivity index (χ1n) is 8.99. The molecule has 2 saturated heterocycles. The third kappa shape index (κ3) is 2.84. The molecule has 3 aliphatic heterocycles. The third-order valence-corrected chi connectivity index (χ3v) is 5.74. The van der Waals surface area contributed by atoms with Crippen molar-refractivity contribution in [1.29, 1.82) is 0 Å². The van der Waals surface area contributed by atoms with Crippen molar-refractivity contribution >= 4 is 17.7 Å². The minimum atomic E-state index is -0.539. The van der Waals surface area contributed by atoms with E-state index < -0.39 is 6.04 Å². The lowest BCUT2D eigenvalue weighted by Gasteiger charge is -2.31.